The van der Waals surface area contributed by atoms with Crippen LogP contribution in [0.1, 0.15) is 46.7 Å². The van der Waals surface area contributed by atoms with Crippen molar-refractivity contribution in [2.24, 2.45) is 0 Å². The van der Waals surface area contributed by atoms with Crippen LogP contribution in [0.4, 0.5) is 0 Å². The van der Waals surface area contributed by atoms with Crippen LogP contribution in [0.3, 0.4) is 0 Å². The molecule has 0 aliphatic heterocycles. The third-order valence-corrected chi connectivity index (χ3v) is 5.59. The highest BCUT2D eigenvalue weighted by molar-refractivity contribution is 5.49. The molecule has 0 bridgehead atoms. The number of ether oxygens (including phenoxy) is 1. The summed E-state index contributed by atoms with van der Waals surface area (Å²) >= 11 is 0. The summed E-state index contributed by atoms with van der Waals surface area (Å²) in [6.45, 7) is 7.21. The van der Waals surface area contributed by atoms with E-state index in [1.807, 2.05) is 6.08 Å². The fourth-order valence-corrected chi connectivity index (χ4v) is 3.72. The molecule has 0 saturated carbocycles. The van der Waals surface area contributed by atoms with Crippen molar-refractivity contribution in [3.8, 4) is 0 Å². The quantitative estimate of drug-likeness (QED) is 0.223. The second kappa shape index (κ2) is 12.7. The first-order valence-corrected chi connectivity index (χ1v) is 11.3. The Labute approximate surface area is 188 Å². The molecule has 0 amide bonds. The molecule has 0 atom stereocenters. The molecule has 0 aliphatic carbocycles. The van der Waals surface area contributed by atoms with E-state index in [-0.39, 0.29) is 0 Å². The van der Waals surface area contributed by atoms with Gasteiger partial charge in [0.25, 0.3) is 0 Å². The molecule has 1 nitrogen and oxygen atoms in total. The van der Waals surface area contributed by atoms with Gasteiger partial charge in [0.2, 0.25) is 0 Å². The summed E-state index contributed by atoms with van der Waals surface area (Å²) in [6.07, 6.45) is 11.3. The van der Waals surface area contributed by atoms with E-state index in [2.05, 4.69) is 98.5 Å². The molecular weight excluding hydrogens is 376 g/mol. The SMILES string of the molecule is C=CCCOCc1ccccc1CCc1ccc(CCc2ccc(/C=C\C)cc2)cc1. The second-order valence-electron chi connectivity index (χ2n) is 7.96. The van der Waals surface area contributed by atoms with E-state index in [4.69, 9.17) is 4.74 Å². The molecule has 160 valence electrons. The summed E-state index contributed by atoms with van der Waals surface area (Å²) in [7, 11) is 0. The molecule has 0 heterocycles. The topological polar surface area (TPSA) is 9.23 Å². The number of rotatable bonds is 12. The highest BCUT2D eigenvalue weighted by Gasteiger charge is 2.04. The fraction of sp³-hybridized carbons (Fsp3) is 0.267. The Morgan fingerprint density at radius 2 is 1.26 bits per heavy atom. The van der Waals surface area contributed by atoms with Gasteiger partial charge in [0.05, 0.1) is 13.2 Å². The first-order chi connectivity index (χ1) is 15.3. The summed E-state index contributed by atoms with van der Waals surface area (Å²) in [4.78, 5) is 0. The van der Waals surface area contributed by atoms with Gasteiger partial charge in [-0.25, -0.2) is 0 Å². The van der Waals surface area contributed by atoms with Crippen LogP contribution < -0.4 is 0 Å². The number of hydrogen-bond acceptors (Lipinski definition) is 1. The molecule has 0 saturated heterocycles. The number of hydrogen-bond donors (Lipinski definition) is 0. The summed E-state index contributed by atoms with van der Waals surface area (Å²) in [5.41, 5.74) is 8.12. The second-order valence-corrected chi connectivity index (χ2v) is 7.96. The molecule has 0 N–H and O–H groups in total. The van der Waals surface area contributed by atoms with E-state index in [1.54, 1.807) is 0 Å². The maximum atomic E-state index is 5.78. The normalized spacial score (nSPS) is 11.1. The zero-order valence-electron chi connectivity index (χ0n) is 18.7. The third-order valence-electron chi connectivity index (χ3n) is 5.59. The average Bonchev–Trinajstić information content (AvgIpc) is 2.81. The van der Waals surface area contributed by atoms with Crippen LogP contribution in [0.25, 0.3) is 6.08 Å². The van der Waals surface area contributed by atoms with Crippen LogP contribution >= 0.6 is 0 Å². The van der Waals surface area contributed by atoms with Crippen molar-refractivity contribution in [1.82, 2.24) is 0 Å². The lowest BCUT2D eigenvalue weighted by atomic mass is 9.98. The van der Waals surface area contributed by atoms with Crippen LogP contribution in [0, 0.1) is 0 Å². The van der Waals surface area contributed by atoms with Gasteiger partial charge in [-0.3, -0.25) is 0 Å². The van der Waals surface area contributed by atoms with Gasteiger partial charge < -0.3 is 4.74 Å². The Balaban J connectivity index is 1.49. The van der Waals surface area contributed by atoms with Crippen LogP contribution in [0.5, 0.6) is 0 Å². The molecule has 0 aromatic heterocycles. The van der Waals surface area contributed by atoms with Crippen LogP contribution in [-0.2, 0) is 37.0 Å². The lowest BCUT2D eigenvalue weighted by Gasteiger charge is -2.10. The smallest absolute Gasteiger partial charge is 0.0719 e. The van der Waals surface area contributed by atoms with Crippen LogP contribution in [-0.4, -0.2) is 6.61 Å². The Morgan fingerprint density at radius 3 is 1.84 bits per heavy atom. The molecule has 0 aliphatic rings. The van der Waals surface area contributed by atoms with Gasteiger partial charge in [-0.2, -0.15) is 0 Å². The lowest BCUT2D eigenvalue weighted by molar-refractivity contribution is 0.125. The van der Waals surface area contributed by atoms with Gasteiger partial charge in [0.15, 0.2) is 0 Å². The zero-order valence-corrected chi connectivity index (χ0v) is 18.7. The van der Waals surface area contributed by atoms with Crippen molar-refractivity contribution in [3.63, 3.8) is 0 Å². The first kappa shape index (κ1) is 22.8. The zero-order chi connectivity index (χ0) is 21.7. The highest BCUT2D eigenvalue weighted by Crippen LogP contribution is 2.16. The van der Waals surface area contributed by atoms with E-state index in [9.17, 15) is 0 Å². The van der Waals surface area contributed by atoms with Gasteiger partial charge in [0.1, 0.15) is 0 Å². The highest BCUT2D eigenvalue weighted by atomic mass is 16.5. The van der Waals surface area contributed by atoms with Gasteiger partial charge in [-0.05, 0) is 72.4 Å². The Hall–Kier alpha value is -2.90. The molecule has 31 heavy (non-hydrogen) atoms. The number of aryl methyl sites for hydroxylation is 4. The Kier molecular flexibility index (Phi) is 9.34. The van der Waals surface area contributed by atoms with Gasteiger partial charge in [-0.15, -0.1) is 6.58 Å². The predicted molar refractivity (Wildman–Crippen MR) is 133 cm³/mol. The minimum absolute atomic E-state index is 0.679. The third kappa shape index (κ3) is 7.70. The largest absolute Gasteiger partial charge is 0.376 e. The molecule has 0 spiro atoms. The molecule has 0 unspecified atom stereocenters. The molecule has 0 fully saturated rings. The summed E-state index contributed by atoms with van der Waals surface area (Å²) in [5, 5.41) is 0. The summed E-state index contributed by atoms with van der Waals surface area (Å²) < 4.78 is 5.78. The van der Waals surface area contributed by atoms with Gasteiger partial charge >= 0.3 is 0 Å². The van der Waals surface area contributed by atoms with E-state index in [0.29, 0.717) is 6.61 Å². The molecule has 1 heteroatoms. The summed E-state index contributed by atoms with van der Waals surface area (Å²) in [6, 6.07) is 26.6. The molecule has 0 radical (unpaired) electrons. The van der Waals surface area contributed by atoms with Crippen LogP contribution in [0.2, 0.25) is 0 Å². The standard InChI is InChI=1S/C30H34O/c1-3-5-23-31-24-30-10-7-6-9-29(30)22-21-28-19-17-27(18-20-28)16-15-26-13-11-25(8-4-2)12-14-26/h3-4,6-14,17-20H,1,5,15-16,21-24H2,2H3/b8-4-. The molecule has 3 aromatic rings. The van der Waals surface area contributed by atoms with Crippen molar-refractivity contribution in [2.75, 3.05) is 6.61 Å². The fourth-order valence-electron chi connectivity index (χ4n) is 3.72. The molecule has 3 aromatic carbocycles. The monoisotopic (exact) mass is 410 g/mol. The summed E-state index contributed by atoms with van der Waals surface area (Å²) in [5.74, 6) is 0. The molecular formula is C30H34O. The maximum Gasteiger partial charge on any atom is 0.0719 e. The van der Waals surface area contributed by atoms with E-state index in [0.717, 1.165) is 38.7 Å². The lowest BCUT2D eigenvalue weighted by Crippen LogP contribution is -2.01. The van der Waals surface area contributed by atoms with Crippen molar-refractivity contribution in [3.05, 3.63) is 125 Å². The molecule has 3 rings (SSSR count). The van der Waals surface area contributed by atoms with Crippen molar-refractivity contribution >= 4 is 6.08 Å². The van der Waals surface area contributed by atoms with Gasteiger partial charge in [-0.1, -0.05) is 91.0 Å². The minimum Gasteiger partial charge on any atom is -0.376 e. The predicted octanol–water partition coefficient (Wildman–Crippen LogP) is 7.38. The Morgan fingerprint density at radius 1 is 0.710 bits per heavy atom. The minimum atomic E-state index is 0.679. The van der Waals surface area contributed by atoms with Crippen molar-refractivity contribution in [2.45, 2.75) is 45.6 Å². The first-order valence-electron chi connectivity index (χ1n) is 11.3. The van der Waals surface area contributed by atoms with Crippen molar-refractivity contribution in [1.29, 1.82) is 0 Å². The van der Waals surface area contributed by atoms with Crippen molar-refractivity contribution < 1.29 is 4.74 Å². The average molecular weight is 411 g/mol. The van der Waals surface area contributed by atoms with E-state index < -0.39 is 0 Å². The maximum absolute atomic E-state index is 5.78. The van der Waals surface area contributed by atoms with E-state index in [1.165, 1.54) is 33.4 Å². The number of allylic oxidation sites excluding steroid dienone is 1. The van der Waals surface area contributed by atoms with Crippen LogP contribution in [0.15, 0.2) is 91.5 Å². The van der Waals surface area contributed by atoms with Gasteiger partial charge in [0, 0.05) is 0 Å². The Bertz CT molecular complexity index is 948. The number of benzene rings is 3. The van der Waals surface area contributed by atoms with E-state index >= 15 is 0 Å².